The number of nitrogens with zero attached hydrogens (tertiary/aromatic N) is 2. The van der Waals surface area contributed by atoms with Gasteiger partial charge in [-0.1, -0.05) is 34.5 Å². The number of halogens is 2. The van der Waals surface area contributed by atoms with Gasteiger partial charge in [0.15, 0.2) is 5.13 Å². The lowest BCUT2D eigenvalue weighted by Crippen LogP contribution is -2.37. The molecule has 144 valence electrons. The Kier molecular flexibility index (Phi) is 5.06. The van der Waals surface area contributed by atoms with Crippen molar-refractivity contribution >= 4 is 61.4 Å². The Hall–Kier alpha value is -1.39. The molecule has 0 atom stereocenters. The molecule has 2 heterocycles. The first-order valence-electron chi connectivity index (χ1n) is 8.33. The van der Waals surface area contributed by atoms with E-state index in [1.165, 1.54) is 15.6 Å². The number of rotatable bonds is 4. The van der Waals surface area contributed by atoms with Crippen LogP contribution in [0.2, 0.25) is 10.0 Å². The first-order chi connectivity index (χ1) is 12.8. The number of anilines is 2. The van der Waals surface area contributed by atoms with Crippen molar-refractivity contribution in [3.05, 3.63) is 38.8 Å². The summed E-state index contributed by atoms with van der Waals surface area (Å²) in [6.07, 6.45) is 2.04. The Bertz CT molecular complexity index is 1010. The average molecular weight is 447 g/mol. The fraction of sp³-hybridized carbons (Fsp3) is 0.375. The second-order valence-corrected chi connectivity index (χ2v) is 10.5. The van der Waals surface area contributed by atoms with Crippen LogP contribution >= 0.6 is 34.5 Å². The number of carbonyl (C=O) groups excluding carboxylic acids is 1. The van der Waals surface area contributed by atoms with Gasteiger partial charge in [-0.2, -0.15) is 4.31 Å². The SMILES string of the molecule is O=C(Nc1ccc(Cl)c(Cl)c1)Nc1nc2c(s1)CN(S(=O)(=O)C1CC1)CC2. The van der Waals surface area contributed by atoms with Crippen molar-refractivity contribution in [2.45, 2.75) is 31.1 Å². The van der Waals surface area contributed by atoms with Crippen LogP contribution in [0.1, 0.15) is 23.4 Å². The summed E-state index contributed by atoms with van der Waals surface area (Å²) in [7, 11) is -3.20. The van der Waals surface area contributed by atoms with Gasteiger partial charge in [-0.15, -0.1) is 0 Å². The van der Waals surface area contributed by atoms with Crippen molar-refractivity contribution < 1.29 is 13.2 Å². The Balaban J connectivity index is 1.42. The van der Waals surface area contributed by atoms with Crippen molar-refractivity contribution in [1.82, 2.24) is 9.29 Å². The normalized spacial score (nSPS) is 17.4. The van der Waals surface area contributed by atoms with E-state index in [1.54, 1.807) is 18.2 Å². The van der Waals surface area contributed by atoms with Gasteiger partial charge in [0.2, 0.25) is 10.0 Å². The summed E-state index contributed by atoms with van der Waals surface area (Å²) in [4.78, 5) is 17.5. The lowest BCUT2D eigenvalue weighted by molar-refractivity contribution is 0.262. The van der Waals surface area contributed by atoms with E-state index >= 15 is 0 Å². The second-order valence-electron chi connectivity index (χ2n) is 6.42. The summed E-state index contributed by atoms with van der Waals surface area (Å²) in [6, 6.07) is 4.33. The molecule has 2 N–H and O–H groups in total. The van der Waals surface area contributed by atoms with Gasteiger partial charge in [-0.25, -0.2) is 18.2 Å². The summed E-state index contributed by atoms with van der Waals surface area (Å²) in [5, 5.41) is 6.31. The number of urea groups is 1. The van der Waals surface area contributed by atoms with Crippen LogP contribution in [0.4, 0.5) is 15.6 Å². The summed E-state index contributed by atoms with van der Waals surface area (Å²) >= 11 is 13.1. The van der Waals surface area contributed by atoms with Crippen LogP contribution in [0.5, 0.6) is 0 Å². The van der Waals surface area contributed by atoms with Crippen LogP contribution in [-0.2, 0) is 23.0 Å². The molecule has 1 aliphatic carbocycles. The van der Waals surface area contributed by atoms with E-state index in [9.17, 15) is 13.2 Å². The topological polar surface area (TPSA) is 91.4 Å². The van der Waals surface area contributed by atoms with E-state index in [4.69, 9.17) is 23.2 Å². The molecule has 1 aromatic carbocycles. The Labute approximate surface area is 170 Å². The van der Waals surface area contributed by atoms with E-state index in [0.717, 1.165) is 23.4 Å². The molecule has 1 fully saturated rings. The number of benzene rings is 1. The lowest BCUT2D eigenvalue weighted by Gasteiger charge is -2.25. The third-order valence-corrected chi connectivity index (χ3v) is 8.48. The molecule has 0 unspecified atom stereocenters. The summed E-state index contributed by atoms with van der Waals surface area (Å²) in [5.74, 6) is 0. The largest absolute Gasteiger partial charge is 0.325 e. The Morgan fingerprint density at radius 3 is 2.70 bits per heavy atom. The molecule has 0 bridgehead atoms. The number of amides is 2. The number of carbonyl (C=O) groups is 1. The van der Waals surface area contributed by atoms with E-state index in [0.29, 0.717) is 40.4 Å². The maximum Gasteiger partial charge on any atom is 0.325 e. The maximum absolute atomic E-state index is 12.4. The third kappa shape index (κ3) is 4.07. The molecule has 27 heavy (non-hydrogen) atoms. The van der Waals surface area contributed by atoms with Crippen LogP contribution in [0, 0.1) is 0 Å². The van der Waals surface area contributed by atoms with Gasteiger partial charge < -0.3 is 5.32 Å². The number of fused-ring (bicyclic) bond motifs is 1. The predicted molar refractivity (Wildman–Crippen MR) is 107 cm³/mol. The summed E-state index contributed by atoms with van der Waals surface area (Å²) in [5.41, 5.74) is 1.34. The number of sulfonamides is 1. The van der Waals surface area contributed by atoms with E-state index < -0.39 is 16.1 Å². The van der Waals surface area contributed by atoms with Crippen molar-refractivity contribution in [2.24, 2.45) is 0 Å². The predicted octanol–water partition coefficient (Wildman–Crippen LogP) is 3.94. The van der Waals surface area contributed by atoms with Crippen LogP contribution < -0.4 is 10.6 Å². The highest BCUT2D eigenvalue weighted by atomic mass is 35.5. The second kappa shape index (κ2) is 7.21. The average Bonchev–Trinajstić information content (AvgIpc) is 3.39. The monoisotopic (exact) mass is 446 g/mol. The molecule has 2 aliphatic rings. The van der Waals surface area contributed by atoms with Gasteiger partial charge >= 0.3 is 6.03 Å². The number of aromatic nitrogens is 1. The molecule has 2 amide bonds. The van der Waals surface area contributed by atoms with Gasteiger partial charge in [-0.05, 0) is 31.0 Å². The maximum atomic E-state index is 12.4. The highest BCUT2D eigenvalue weighted by Crippen LogP contribution is 2.35. The van der Waals surface area contributed by atoms with Gasteiger partial charge in [-0.3, -0.25) is 5.32 Å². The molecule has 1 saturated carbocycles. The van der Waals surface area contributed by atoms with Crippen LogP contribution in [-0.4, -0.2) is 35.5 Å². The standard InChI is InChI=1S/C16H16Cl2N4O3S2/c17-11-4-1-9(7-12(11)18)19-15(23)21-16-20-13-5-6-22(8-14(13)26-16)27(24,25)10-2-3-10/h1,4,7,10H,2-3,5-6,8H2,(H2,19,20,21,23). The highest BCUT2D eigenvalue weighted by molar-refractivity contribution is 7.90. The van der Waals surface area contributed by atoms with Gasteiger partial charge in [0.1, 0.15) is 0 Å². The number of thiazole rings is 1. The third-order valence-electron chi connectivity index (χ3n) is 4.40. The zero-order chi connectivity index (χ0) is 19.2. The summed E-state index contributed by atoms with van der Waals surface area (Å²) in [6.45, 7) is 0.756. The molecular weight excluding hydrogens is 431 g/mol. The van der Waals surface area contributed by atoms with Crippen LogP contribution in [0.15, 0.2) is 18.2 Å². The van der Waals surface area contributed by atoms with Crippen molar-refractivity contribution in [1.29, 1.82) is 0 Å². The first-order valence-corrected chi connectivity index (χ1v) is 11.4. The number of hydrogen-bond donors (Lipinski definition) is 2. The van der Waals surface area contributed by atoms with Crippen molar-refractivity contribution in [2.75, 3.05) is 17.2 Å². The molecule has 0 radical (unpaired) electrons. The number of nitrogens with one attached hydrogen (secondary N) is 2. The minimum Gasteiger partial charge on any atom is -0.308 e. The zero-order valence-electron chi connectivity index (χ0n) is 14.0. The quantitative estimate of drug-likeness (QED) is 0.743. The number of hydrogen-bond acceptors (Lipinski definition) is 5. The summed E-state index contributed by atoms with van der Waals surface area (Å²) < 4.78 is 26.3. The van der Waals surface area contributed by atoms with Gasteiger partial charge in [0.05, 0.1) is 21.0 Å². The Morgan fingerprint density at radius 2 is 2.00 bits per heavy atom. The van der Waals surface area contributed by atoms with Crippen LogP contribution in [0.25, 0.3) is 0 Å². The van der Waals surface area contributed by atoms with Crippen LogP contribution in [0.3, 0.4) is 0 Å². The molecule has 0 saturated heterocycles. The zero-order valence-corrected chi connectivity index (χ0v) is 17.2. The smallest absolute Gasteiger partial charge is 0.308 e. The van der Waals surface area contributed by atoms with Crippen molar-refractivity contribution in [3.8, 4) is 0 Å². The van der Waals surface area contributed by atoms with Crippen molar-refractivity contribution in [3.63, 3.8) is 0 Å². The van der Waals surface area contributed by atoms with E-state index in [2.05, 4.69) is 15.6 Å². The molecule has 11 heteroatoms. The fourth-order valence-electron chi connectivity index (χ4n) is 2.85. The molecule has 0 spiro atoms. The molecule has 7 nitrogen and oxygen atoms in total. The first kappa shape index (κ1) is 18.9. The van der Waals surface area contributed by atoms with Gasteiger partial charge in [0, 0.05) is 30.1 Å². The Morgan fingerprint density at radius 1 is 1.22 bits per heavy atom. The van der Waals surface area contributed by atoms with E-state index in [1.807, 2.05) is 0 Å². The van der Waals surface area contributed by atoms with E-state index in [-0.39, 0.29) is 5.25 Å². The minimum atomic E-state index is -3.20. The molecule has 1 aliphatic heterocycles. The molecule has 4 rings (SSSR count). The molecule has 1 aromatic heterocycles. The lowest BCUT2D eigenvalue weighted by atomic mass is 10.2. The molecule has 2 aromatic rings. The molecular formula is C16H16Cl2N4O3S2. The fourth-order valence-corrected chi connectivity index (χ4v) is 6.06. The minimum absolute atomic E-state index is 0.221. The highest BCUT2D eigenvalue weighted by Gasteiger charge is 2.41. The van der Waals surface area contributed by atoms with Gasteiger partial charge in [0.25, 0.3) is 0 Å².